The number of hydrogen-bond acceptors (Lipinski definition) is 5. The molecule has 11 heteroatoms. The Morgan fingerprint density at radius 1 is 1.32 bits per heavy atom. The van der Waals surface area contributed by atoms with Crippen LogP contribution in [0.3, 0.4) is 0 Å². The van der Waals surface area contributed by atoms with E-state index in [0.29, 0.717) is 18.6 Å². The molecular weight excluding hydrogens is 334 g/mol. The SMILES string of the molecule is CSc1ncc(C(F)(F)F)c(/C(C=NCC(F)(F)F)=C/N)n1. The van der Waals surface area contributed by atoms with E-state index in [1.54, 1.807) is 0 Å². The number of alkyl halides is 6. The summed E-state index contributed by atoms with van der Waals surface area (Å²) < 4.78 is 74.8. The number of halogens is 6. The van der Waals surface area contributed by atoms with Crippen LogP contribution in [-0.2, 0) is 6.18 Å². The van der Waals surface area contributed by atoms with Gasteiger partial charge in [-0.1, -0.05) is 11.8 Å². The molecule has 0 unspecified atom stereocenters. The van der Waals surface area contributed by atoms with Crippen molar-refractivity contribution in [2.75, 3.05) is 12.8 Å². The van der Waals surface area contributed by atoms with Gasteiger partial charge < -0.3 is 5.73 Å². The Labute approximate surface area is 125 Å². The predicted molar refractivity (Wildman–Crippen MR) is 70.4 cm³/mol. The Kier molecular flexibility index (Phi) is 5.80. The highest BCUT2D eigenvalue weighted by molar-refractivity contribution is 7.98. The van der Waals surface area contributed by atoms with E-state index >= 15 is 0 Å². The summed E-state index contributed by atoms with van der Waals surface area (Å²) in [4.78, 5) is 10.2. The number of allylic oxidation sites excluding steroid dienone is 1. The Balaban J connectivity index is 3.26. The van der Waals surface area contributed by atoms with Gasteiger partial charge in [0.15, 0.2) is 5.16 Å². The van der Waals surface area contributed by atoms with Crippen LogP contribution >= 0.6 is 11.8 Å². The van der Waals surface area contributed by atoms with E-state index in [1.807, 2.05) is 0 Å². The van der Waals surface area contributed by atoms with Crippen LogP contribution in [0, 0.1) is 0 Å². The minimum Gasteiger partial charge on any atom is -0.404 e. The molecule has 22 heavy (non-hydrogen) atoms. The van der Waals surface area contributed by atoms with Crippen LogP contribution in [0.4, 0.5) is 26.3 Å². The zero-order valence-corrected chi connectivity index (χ0v) is 11.9. The van der Waals surface area contributed by atoms with Gasteiger partial charge in [-0.05, 0) is 6.26 Å². The molecular formula is C11H10F6N4S. The molecule has 1 aromatic rings. The summed E-state index contributed by atoms with van der Waals surface area (Å²) in [5, 5.41) is 0.0200. The normalized spacial score (nSPS) is 13.9. The second-order valence-corrected chi connectivity index (χ2v) is 4.60. The molecule has 1 aromatic heterocycles. The molecule has 0 aromatic carbocycles. The van der Waals surface area contributed by atoms with Crippen molar-refractivity contribution in [1.82, 2.24) is 9.97 Å². The topological polar surface area (TPSA) is 64.2 Å². The van der Waals surface area contributed by atoms with Crippen LogP contribution in [0.15, 0.2) is 22.5 Å². The number of rotatable bonds is 4. The number of hydrogen-bond donors (Lipinski definition) is 1. The molecule has 0 amide bonds. The first-order valence-corrected chi connectivity index (χ1v) is 6.78. The molecule has 4 nitrogen and oxygen atoms in total. The molecule has 0 aliphatic rings. The van der Waals surface area contributed by atoms with Crippen molar-refractivity contribution in [3.8, 4) is 0 Å². The summed E-state index contributed by atoms with van der Waals surface area (Å²) in [6.45, 7) is -1.54. The lowest BCUT2D eigenvalue weighted by Gasteiger charge is -2.12. The summed E-state index contributed by atoms with van der Waals surface area (Å²) in [7, 11) is 0. The van der Waals surface area contributed by atoms with Crippen molar-refractivity contribution in [2.24, 2.45) is 10.7 Å². The number of aliphatic imine (C=N–C) groups is 1. The molecule has 0 saturated heterocycles. The monoisotopic (exact) mass is 344 g/mol. The van der Waals surface area contributed by atoms with Gasteiger partial charge >= 0.3 is 12.4 Å². The zero-order chi connectivity index (χ0) is 17.0. The van der Waals surface area contributed by atoms with Crippen molar-refractivity contribution in [2.45, 2.75) is 17.5 Å². The first-order valence-electron chi connectivity index (χ1n) is 5.55. The standard InChI is InChI=1S/C11H10F6N4S/c1-22-9-20-4-7(11(15,16)17)8(21-9)6(2-18)3-19-5-10(12,13)14/h2-4H,5,18H2,1H3/b6-2+,19-3?. The van der Waals surface area contributed by atoms with Gasteiger partial charge in [-0.2, -0.15) is 26.3 Å². The quantitative estimate of drug-likeness (QED) is 0.394. The lowest BCUT2D eigenvalue weighted by Crippen LogP contribution is -2.14. The average molecular weight is 344 g/mol. The van der Waals surface area contributed by atoms with Gasteiger partial charge in [-0.15, -0.1) is 0 Å². The van der Waals surface area contributed by atoms with Gasteiger partial charge in [0.1, 0.15) is 12.1 Å². The van der Waals surface area contributed by atoms with Gasteiger partial charge in [0.05, 0.1) is 5.69 Å². The number of thioether (sulfide) groups is 1. The molecule has 0 bridgehead atoms. The minimum atomic E-state index is -4.78. The molecule has 2 N–H and O–H groups in total. The number of nitrogens with zero attached hydrogens (tertiary/aromatic N) is 3. The number of aromatic nitrogens is 2. The van der Waals surface area contributed by atoms with Crippen LogP contribution in [0.5, 0.6) is 0 Å². The van der Waals surface area contributed by atoms with Gasteiger partial charge in [0, 0.05) is 24.2 Å². The maximum atomic E-state index is 12.9. The molecule has 0 spiro atoms. The highest BCUT2D eigenvalue weighted by Gasteiger charge is 2.36. The molecule has 0 aliphatic carbocycles. The third-order valence-corrected chi connectivity index (χ3v) is 2.77. The van der Waals surface area contributed by atoms with Crippen LogP contribution in [0.1, 0.15) is 11.3 Å². The van der Waals surface area contributed by atoms with Crippen molar-refractivity contribution in [1.29, 1.82) is 0 Å². The van der Waals surface area contributed by atoms with E-state index in [1.165, 1.54) is 6.26 Å². The fourth-order valence-electron chi connectivity index (χ4n) is 1.32. The minimum absolute atomic E-state index is 0.0200. The Morgan fingerprint density at radius 3 is 2.41 bits per heavy atom. The fraction of sp³-hybridized carbons (Fsp3) is 0.364. The second kappa shape index (κ2) is 6.99. The molecule has 1 rings (SSSR count). The third kappa shape index (κ3) is 5.20. The van der Waals surface area contributed by atoms with Crippen LogP contribution in [0.25, 0.3) is 5.57 Å². The molecule has 1 heterocycles. The summed E-state index contributed by atoms with van der Waals surface area (Å²) in [6, 6.07) is 0. The van der Waals surface area contributed by atoms with Gasteiger partial charge in [-0.3, -0.25) is 4.99 Å². The summed E-state index contributed by atoms with van der Waals surface area (Å²) in [5.41, 5.74) is 2.98. The maximum absolute atomic E-state index is 12.9. The Bertz CT molecular complexity index is 579. The molecule has 122 valence electrons. The molecule has 0 aliphatic heterocycles. The van der Waals surface area contributed by atoms with Gasteiger partial charge in [0.25, 0.3) is 0 Å². The highest BCUT2D eigenvalue weighted by Crippen LogP contribution is 2.33. The zero-order valence-electron chi connectivity index (χ0n) is 11.0. The van der Waals surface area contributed by atoms with E-state index < -0.39 is 30.2 Å². The Hall–Kier alpha value is -1.78. The van der Waals surface area contributed by atoms with Crippen LogP contribution in [0.2, 0.25) is 0 Å². The van der Waals surface area contributed by atoms with Crippen molar-refractivity contribution >= 4 is 23.5 Å². The van der Waals surface area contributed by atoms with E-state index in [-0.39, 0.29) is 10.7 Å². The van der Waals surface area contributed by atoms with E-state index in [4.69, 9.17) is 5.73 Å². The molecule has 0 atom stereocenters. The van der Waals surface area contributed by atoms with Crippen molar-refractivity contribution < 1.29 is 26.3 Å². The lowest BCUT2D eigenvalue weighted by atomic mass is 10.1. The predicted octanol–water partition coefficient (Wildman–Crippen LogP) is 3.15. The lowest BCUT2D eigenvalue weighted by molar-refractivity contribution is -0.138. The second-order valence-electron chi connectivity index (χ2n) is 3.82. The maximum Gasteiger partial charge on any atom is 0.419 e. The average Bonchev–Trinajstić information content (AvgIpc) is 2.40. The first kappa shape index (κ1) is 18.3. The largest absolute Gasteiger partial charge is 0.419 e. The fourth-order valence-corrected chi connectivity index (χ4v) is 1.66. The van der Waals surface area contributed by atoms with Crippen LogP contribution < -0.4 is 5.73 Å². The van der Waals surface area contributed by atoms with E-state index in [2.05, 4.69) is 15.0 Å². The van der Waals surface area contributed by atoms with Gasteiger partial charge in [0.2, 0.25) is 0 Å². The summed E-state index contributed by atoms with van der Waals surface area (Å²) >= 11 is 0.976. The Morgan fingerprint density at radius 2 is 1.95 bits per heavy atom. The number of nitrogens with two attached hydrogens (primary N) is 1. The summed E-state index contributed by atoms with van der Waals surface area (Å²) in [5.74, 6) is 0. The van der Waals surface area contributed by atoms with E-state index in [9.17, 15) is 26.3 Å². The van der Waals surface area contributed by atoms with Crippen molar-refractivity contribution in [3.05, 3.63) is 23.7 Å². The van der Waals surface area contributed by atoms with Gasteiger partial charge in [-0.25, -0.2) is 9.97 Å². The van der Waals surface area contributed by atoms with E-state index in [0.717, 1.165) is 11.8 Å². The highest BCUT2D eigenvalue weighted by atomic mass is 32.2. The third-order valence-electron chi connectivity index (χ3n) is 2.21. The molecule has 0 fully saturated rings. The molecule has 0 radical (unpaired) electrons. The summed E-state index contributed by atoms with van der Waals surface area (Å²) in [6.07, 6.45) is -5.94. The van der Waals surface area contributed by atoms with Crippen LogP contribution in [-0.4, -0.2) is 35.2 Å². The van der Waals surface area contributed by atoms with Crippen molar-refractivity contribution in [3.63, 3.8) is 0 Å². The molecule has 0 saturated carbocycles. The first-order chi connectivity index (χ1) is 10.1. The smallest absolute Gasteiger partial charge is 0.404 e.